The van der Waals surface area contributed by atoms with Gasteiger partial charge in [0.05, 0.1) is 5.54 Å². The van der Waals surface area contributed by atoms with Crippen molar-refractivity contribution in [3.8, 4) is 0 Å². The Kier molecular flexibility index (Phi) is 4.99. The van der Waals surface area contributed by atoms with Gasteiger partial charge < -0.3 is 20.5 Å². The molecule has 0 unspecified atom stereocenters. The van der Waals surface area contributed by atoms with Crippen molar-refractivity contribution >= 4 is 5.91 Å². The van der Waals surface area contributed by atoms with E-state index in [1.807, 2.05) is 6.07 Å². The molecule has 2 fully saturated rings. The third-order valence-corrected chi connectivity index (χ3v) is 5.26. The zero-order chi connectivity index (χ0) is 16.2. The Balaban J connectivity index is 1.71. The van der Waals surface area contributed by atoms with Crippen LogP contribution < -0.4 is 11.1 Å². The van der Waals surface area contributed by atoms with Gasteiger partial charge in [-0.05, 0) is 31.2 Å². The Morgan fingerprint density at radius 3 is 2.17 bits per heavy atom. The number of hydrogen-bond donors (Lipinski definition) is 2. The smallest absolute Gasteiger partial charge is 0.240 e. The molecule has 3 rings (SSSR count). The second-order valence-corrected chi connectivity index (χ2v) is 6.71. The van der Waals surface area contributed by atoms with Gasteiger partial charge in [-0.25, -0.2) is 0 Å². The minimum absolute atomic E-state index is 0.0532. The molecular weight excluding hydrogens is 292 g/mol. The predicted octanol–water partition coefficient (Wildman–Crippen LogP) is 1.36. The predicted molar refractivity (Wildman–Crippen MR) is 88.2 cm³/mol. The number of amides is 1. The second kappa shape index (κ2) is 6.99. The first-order chi connectivity index (χ1) is 11.1. The van der Waals surface area contributed by atoms with E-state index >= 15 is 0 Å². The number of hydrogen-bond acceptors (Lipinski definition) is 4. The fraction of sp³-hybridized carbons (Fsp3) is 0.611. The first-order valence-corrected chi connectivity index (χ1v) is 8.43. The molecule has 5 heteroatoms. The quantitative estimate of drug-likeness (QED) is 0.879. The molecule has 126 valence electrons. The molecule has 2 heterocycles. The summed E-state index contributed by atoms with van der Waals surface area (Å²) in [5.41, 5.74) is 6.70. The standard InChI is InChI=1S/C18H26N2O3/c19-18(8-12-23-13-9-18)16(21)20-14-17(6-10-22-11-7-17)15-4-2-1-3-5-15/h1-5H,6-14,19H2,(H,20,21). The summed E-state index contributed by atoms with van der Waals surface area (Å²) in [4.78, 5) is 12.6. The van der Waals surface area contributed by atoms with Gasteiger partial charge in [-0.15, -0.1) is 0 Å². The Hall–Kier alpha value is -1.43. The maximum Gasteiger partial charge on any atom is 0.240 e. The van der Waals surface area contributed by atoms with E-state index in [1.165, 1.54) is 5.56 Å². The van der Waals surface area contributed by atoms with Gasteiger partial charge in [-0.3, -0.25) is 4.79 Å². The highest BCUT2D eigenvalue weighted by Gasteiger charge is 2.39. The van der Waals surface area contributed by atoms with Gasteiger partial charge in [0.15, 0.2) is 0 Å². The molecule has 5 nitrogen and oxygen atoms in total. The van der Waals surface area contributed by atoms with Crippen molar-refractivity contribution in [1.29, 1.82) is 0 Å². The van der Waals surface area contributed by atoms with Gasteiger partial charge in [0, 0.05) is 38.4 Å². The minimum Gasteiger partial charge on any atom is -0.381 e. The Bertz CT molecular complexity index is 520. The van der Waals surface area contributed by atoms with Crippen LogP contribution in [-0.4, -0.2) is 44.4 Å². The van der Waals surface area contributed by atoms with Crippen molar-refractivity contribution in [3.05, 3.63) is 35.9 Å². The number of benzene rings is 1. The molecule has 23 heavy (non-hydrogen) atoms. The van der Waals surface area contributed by atoms with E-state index in [0.717, 1.165) is 26.1 Å². The zero-order valence-corrected chi connectivity index (χ0v) is 13.6. The van der Waals surface area contributed by atoms with Crippen molar-refractivity contribution in [2.75, 3.05) is 33.0 Å². The first kappa shape index (κ1) is 16.4. The van der Waals surface area contributed by atoms with Gasteiger partial charge in [-0.1, -0.05) is 30.3 Å². The fourth-order valence-electron chi connectivity index (χ4n) is 3.51. The number of ether oxygens (including phenoxy) is 2. The summed E-state index contributed by atoms with van der Waals surface area (Å²) >= 11 is 0. The lowest BCUT2D eigenvalue weighted by molar-refractivity contribution is -0.130. The topological polar surface area (TPSA) is 73.6 Å². The largest absolute Gasteiger partial charge is 0.381 e. The summed E-state index contributed by atoms with van der Waals surface area (Å²) in [5, 5.41) is 3.13. The Labute approximate surface area is 137 Å². The molecular formula is C18H26N2O3. The van der Waals surface area contributed by atoms with Gasteiger partial charge in [0.25, 0.3) is 0 Å². The van der Waals surface area contributed by atoms with E-state index < -0.39 is 5.54 Å². The molecule has 3 N–H and O–H groups in total. The van der Waals surface area contributed by atoms with Crippen molar-refractivity contribution < 1.29 is 14.3 Å². The second-order valence-electron chi connectivity index (χ2n) is 6.71. The number of carbonyl (C=O) groups is 1. The van der Waals surface area contributed by atoms with Crippen LogP contribution in [0, 0.1) is 0 Å². The van der Waals surface area contributed by atoms with Crippen LogP contribution in [0.3, 0.4) is 0 Å². The SMILES string of the molecule is NC1(C(=O)NCC2(c3ccccc3)CCOCC2)CCOCC1. The monoisotopic (exact) mass is 318 g/mol. The molecule has 0 spiro atoms. The molecule has 1 aromatic rings. The third-order valence-electron chi connectivity index (χ3n) is 5.26. The number of carbonyl (C=O) groups excluding carboxylic acids is 1. The van der Waals surface area contributed by atoms with Crippen LogP contribution in [0.2, 0.25) is 0 Å². The molecule has 0 saturated carbocycles. The van der Waals surface area contributed by atoms with E-state index in [9.17, 15) is 4.79 Å². The number of nitrogens with two attached hydrogens (primary N) is 1. The molecule has 0 atom stereocenters. The third kappa shape index (κ3) is 3.57. The summed E-state index contributed by atoms with van der Waals surface area (Å²) in [6.45, 7) is 3.18. The van der Waals surface area contributed by atoms with Crippen molar-refractivity contribution in [3.63, 3.8) is 0 Å². The van der Waals surface area contributed by atoms with Crippen LogP contribution in [0.1, 0.15) is 31.2 Å². The van der Waals surface area contributed by atoms with Gasteiger partial charge in [-0.2, -0.15) is 0 Å². The van der Waals surface area contributed by atoms with Gasteiger partial charge in [0.1, 0.15) is 0 Å². The van der Waals surface area contributed by atoms with E-state index in [4.69, 9.17) is 15.2 Å². The van der Waals surface area contributed by atoms with E-state index in [1.54, 1.807) is 0 Å². The number of nitrogens with one attached hydrogen (secondary N) is 1. The highest BCUT2D eigenvalue weighted by molar-refractivity contribution is 5.86. The summed E-state index contributed by atoms with van der Waals surface area (Å²) in [5.74, 6) is -0.0532. The van der Waals surface area contributed by atoms with Crippen LogP contribution in [0.25, 0.3) is 0 Å². The van der Waals surface area contributed by atoms with Gasteiger partial charge >= 0.3 is 0 Å². The summed E-state index contributed by atoms with van der Waals surface area (Å²) < 4.78 is 10.9. The lowest BCUT2D eigenvalue weighted by atomic mass is 9.74. The molecule has 2 saturated heterocycles. The van der Waals surface area contributed by atoms with E-state index in [2.05, 4.69) is 29.6 Å². The maximum absolute atomic E-state index is 12.6. The molecule has 1 aromatic carbocycles. The van der Waals surface area contributed by atoms with Crippen LogP contribution in [-0.2, 0) is 19.7 Å². The minimum atomic E-state index is -0.790. The van der Waals surface area contributed by atoms with Crippen LogP contribution >= 0.6 is 0 Å². The zero-order valence-electron chi connectivity index (χ0n) is 13.6. The lowest BCUT2D eigenvalue weighted by Crippen LogP contribution is -2.59. The van der Waals surface area contributed by atoms with E-state index in [0.29, 0.717) is 32.6 Å². The summed E-state index contributed by atoms with van der Waals surface area (Å²) in [7, 11) is 0. The molecule has 2 aliphatic rings. The van der Waals surface area contributed by atoms with Crippen LogP contribution in [0.5, 0.6) is 0 Å². The molecule has 0 aromatic heterocycles. The molecule has 1 amide bonds. The highest BCUT2D eigenvalue weighted by Crippen LogP contribution is 2.34. The van der Waals surface area contributed by atoms with Gasteiger partial charge in [0.2, 0.25) is 5.91 Å². The highest BCUT2D eigenvalue weighted by atomic mass is 16.5. The van der Waals surface area contributed by atoms with Crippen LogP contribution in [0.15, 0.2) is 30.3 Å². The summed E-state index contributed by atoms with van der Waals surface area (Å²) in [6, 6.07) is 10.4. The Morgan fingerprint density at radius 1 is 1.00 bits per heavy atom. The molecule has 2 aliphatic heterocycles. The van der Waals surface area contributed by atoms with Crippen LogP contribution in [0.4, 0.5) is 0 Å². The number of rotatable bonds is 4. The average Bonchev–Trinajstić information content (AvgIpc) is 2.62. The lowest BCUT2D eigenvalue weighted by Gasteiger charge is -2.39. The Morgan fingerprint density at radius 2 is 1.57 bits per heavy atom. The molecule has 0 aliphatic carbocycles. The van der Waals surface area contributed by atoms with E-state index in [-0.39, 0.29) is 11.3 Å². The average molecular weight is 318 g/mol. The van der Waals surface area contributed by atoms with Crippen molar-refractivity contribution in [2.45, 2.75) is 36.6 Å². The van der Waals surface area contributed by atoms with Crippen molar-refractivity contribution in [1.82, 2.24) is 5.32 Å². The summed E-state index contributed by atoms with van der Waals surface area (Å²) in [6.07, 6.45) is 3.00. The molecule has 0 radical (unpaired) electrons. The normalized spacial score (nSPS) is 23.2. The first-order valence-electron chi connectivity index (χ1n) is 8.43. The maximum atomic E-state index is 12.6. The van der Waals surface area contributed by atoms with Crippen molar-refractivity contribution in [2.24, 2.45) is 5.73 Å². The molecule has 0 bridgehead atoms. The fourth-order valence-corrected chi connectivity index (χ4v) is 3.51.